The van der Waals surface area contributed by atoms with Crippen LogP contribution in [0.25, 0.3) is 0 Å². The summed E-state index contributed by atoms with van der Waals surface area (Å²) in [6.07, 6.45) is 6.08. The summed E-state index contributed by atoms with van der Waals surface area (Å²) in [4.78, 5) is 1.31. The molecule has 3 heteroatoms. The first-order valence-electron chi connectivity index (χ1n) is 5.21. The van der Waals surface area contributed by atoms with Crippen LogP contribution in [0.15, 0.2) is 29.2 Å². The van der Waals surface area contributed by atoms with E-state index in [-0.39, 0.29) is 18.4 Å². The van der Waals surface area contributed by atoms with Crippen LogP contribution >= 0.6 is 24.2 Å². The molecule has 1 atom stereocenters. The van der Waals surface area contributed by atoms with Gasteiger partial charge in [-0.15, -0.1) is 24.2 Å². The van der Waals surface area contributed by atoms with Gasteiger partial charge in [0.2, 0.25) is 0 Å². The van der Waals surface area contributed by atoms with Gasteiger partial charge in [-0.2, -0.15) is 0 Å². The Hall–Kier alpha value is -0.180. The molecule has 0 bridgehead atoms. The van der Waals surface area contributed by atoms with Crippen molar-refractivity contribution in [3.63, 3.8) is 0 Å². The summed E-state index contributed by atoms with van der Waals surface area (Å²) in [5.41, 5.74) is 7.48. The van der Waals surface area contributed by atoms with Crippen LogP contribution in [0.3, 0.4) is 0 Å². The molecule has 0 radical (unpaired) electrons. The lowest BCUT2D eigenvalue weighted by Crippen LogP contribution is -2.26. The maximum absolute atomic E-state index is 6.19. The van der Waals surface area contributed by atoms with E-state index in [0.29, 0.717) is 0 Å². The average Bonchev–Trinajstić information content (AvgIpc) is 2.15. The van der Waals surface area contributed by atoms with E-state index < -0.39 is 0 Å². The zero-order chi connectivity index (χ0) is 9.97. The molecule has 1 aromatic carbocycles. The summed E-state index contributed by atoms with van der Waals surface area (Å²) in [6.45, 7) is 0. The summed E-state index contributed by atoms with van der Waals surface area (Å²) in [5.74, 6) is 0.732. The molecular weight excluding hydrogens is 226 g/mol. The standard InChI is InChI=1S/C12H17NS.ClH/c1-14-11-7-5-10(6-8-11)12(13)9-3-2-4-9;/h5-9,12H,2-4,13H2,1H3;1H/t12-;/m0./s1. The predicted molar refractivity (Wildman–Crippen MR) is 69.7 cm³/mol. The van der Waals surface area contributed by atoms with Gasteiger partial charge in [0, 0.05) is 10.9 Å². The molecule has 0 spiro atoms. The molecule has 84 valence electrons. The number of thioether (sulfide) groups is 1. The van der Waals surface area contributed by atoms with Gasteiger partial charge in [0.05, 0.1) is 0 Å². The van der Waals surface area contributed by atoms with E-state index >= 15 is 0 Å². The van der Waals surface area contributed by atoms with Crippen LogP contribution in [0, 0.1) is 5.92 Å². The van der Waals surface area contributed by atoms with Gasteiger partial charge in [-0.05, 0) is 42.7 Å². The molecule has 1 aliphatic rings. The lowest BCUT2D eigenvalue weighted by Gasteiger charge is -2.31. The van der Waals surface area contributed by atoms with Crippen LogP contribution in [0.2, 0.25) is 0 Å². The van der Waals surface area contributed by atoms with E-state index in [1.807, 2.05) is 0 Å². The first-order valence-corrected chi connectivity index (χ1v) is 6.43. The van der Waals surface area contributed by atoms with Gasteiger partial charge in [-0.1, -0.05) is 18.6 Å². The van der Waals surface area contributed by atoms with Crippen LogP contribution in [0.1, 0.15) is 30.9 Å². The topological polar surface area (TPSA) is 26.0 Å². The Morgan fingerprint density at radius 2 is 1.87 bits per heavy atom. The highest BCUT2D eigenvalue weighted by Crippen LogP contribution is 2.36. The molecule has 0 aliphatic heterocycles. The van der Waals surface area contributed by atoms with Crippen LogP contribution in [0.4, 0.5) is 0 Å². The minimum atomic E-state index is 0. The van der Waals surface area contributed by atoms with Crippen molar-refractivity contribution in [1.82, 2.24) is 0 Å². The van der Waals surface area contributed by atoms with Crippen LogP contribution in [0.5, 0.6) is 0 Å². The zero-order valence-corrected chi connectivity index (χ0v) is 10.6. The lowest BCUT2D eigenvalue weighted by molar-refractivity contribution is 0.264. The van der Waals surface area contributed by atoms with Gasteiger partial charge in [-0.25, -0.2) is 0 Å². The van der Waals surface area contributed by atoms with Crippen molar-refractivity contribution >= 4 is 24.2 Å². The Balaban J connectivity index is 0.00000112. The molecule has 1 saturated carbocycles. The van der Waals surface area contributed by atoms with Crippen LogP contribution in [-0.4, -0.2) is 6.26 Å². The summed E-state index contributed by atoms with van der Waals surface area (Å²) >= 11 is 1.78. The number of rotatable bonds is 3. The van der Waals surface area contributed by atoms with E-state index in [9.17, 15) is 0 Å². The van der Waals surface area contributed by atoms with E-state index in [0.717, 1.165) is 5.92 Å². The molecule has 0 amide bonds. The fourth-order valence-corrected chi connectivity index (χ4v) is 2.31. The number of hydrogen-bond acceptors (Lipinski definition) is 2. The molecule has 1 fully saturated rings. The Kier molecular flexibility index (Phi) is 4.97. The highest BCUT2D eigenvalue weighted by molar-refractivity contribution is 7.98. The molecule has 0 aromatic heterocycles. The minimum Gasteiger partial charge on any atom is -0.324 e. The van der Waals surface area contributed by atoms with Crippen LogP contribution < -0.4 is 5.73 Å². The molecule has 0 saturated heterocycles. The van der Waals surface area contributed by atoms with Crippen molar-refractivity contribution in [3.05, 3.63) is 29.8 Å². The summed E-state index contributed by atoms with van der Waals surface area (Å²) < 4.78 is 0. The second-order valence-corrected chi connectivity index (χ2v) is 4.87. The fraction of sp³-hybridized carbons (Fsp3) is 0.500. The zero-order valence-electron chi connectivity index (χ0n) is 8.98. The molecule has 0 heterocycles. The third-order valence-corrected chi connectivity index (χ3v) is 3.90. The van der Waals surface area contributed by atoms with E-state index in [4.69, 9.17) is 5.73 Å². The van der Waals surface area contributed by atoms with Gasteiger partial charge in [-0.3, -0.25) is 0 Å². The Labute approximate surface area is 102 Å². The Morgan fingerprint density at radius 3 is 2.27 bits per heavy atom. The quantitative estimate of drug-likeness (QED) is 0.821. The fourth-order valence-electron chi connectivity index (χ4n) is 1.90. The van der Waals surface area contributed by atoms with Crippen molar-refractivity contribution < 1.29 is 0 Å². The van der Waals surface area contributed by atoms with Crippen molar-refractivity contribution in [2.24, 2.45) is 11.7 Å². The molecule has 15 heavy (non-hydrogen) atoms. The third-order valence-electron chi connectivity index (χ3n) is 3.16. The SMILES string of the molecule is CSc1ccc([C@@H](N)C2CCC2)cc1.Cl. The van der Waals surface area contributed by atoms with Crippen molar-refractivity contribution in [1.29, 1.82) is 0 Å². The first kappa shape index (κ1) is 12.9. The summed E-state index contributed by atoms with van der Waals surface area (Å²) in [5, 5.41) is 0. The number of nitrogens with two attached hydrogens (primary N) is 1. The monoisotopic (exact) mass is 243 g/mol. The summed E-state index contributed by atoms with van der Waals surface area (Å²) in [6, 6.07) is 8.94. The largest absolute Gasteiger partial charge is 0.324 e. The molecule has 1 nitrogen and oxygen atoms in total. The van der Waals surface area contributed by atoms with Crippen LogP contribution in [-0.2, 0) is 0 Å². The first-order chi connectivity index (χ1) is 6.81. The van der Waals surface area contributed by atoms with Gasteiger partial charge in [0.25, 0.3) is 0 Å². The summed E-state index contributed by atoms with van der Waals surface area (Å²) in [7, 11) is 0. The van der Waals surface area contributed by atoms with E-state index in [2.05, 4.69) is 30.5 Å². The number of halogens is 1. The highest BCUT2D eigenvalue weighted by atomic mass is 35.5. The molecule has 2 N–H and O–H groups in total. The molecule has 2 rings (SSSR count). The van der Waals surface area contributed by atoms with Crippen molar-refractivity contribution in [2.75, 3.05) is 6.26 Å². The Bertz CT molecular complexity index is 295. The van der Waals surface area contributed by atoms with Gasteiger partial charge < -0.3 is 5.73 Å². The molecule has 1 aliphatic carbocycles. The molecular formula is C12H18ClNS. The van der Waals surface area contributed by atoms with E-state index in [1.165, 1.54) is 29.7 Å². The maximum atomic E-state index is 6.19. The normalized spacial score (nSPS) is 17.7. The average molecular weight is 244 g/mol. The Morgan fingerprint density at radius 1 is 1.27 bits per heavy atom. The predicted octanol–water partition coefficient (Wildman–Crippen LogP) is 3.63. The van der Waals surface area contributed by atoms with E-state index in [1.54, 1.807) is 11.8 Å². The minimum absolute atomic E-state index is 0. The second kappa shape index (κ2) is 5.78. The van der Waals surface area contributed by atoms with Gasteiger partial charge in [0.1, 0.15) is 0 Å². The highest BCUT2D eigenvalue weighted by Gasteiger charge is 2.25. The van der Waals surface area contributed by atoms with Crippen molar-refractivity contribution in [2.45, 2.75) is 30.2 Å². The van der Waals surface area contributed by atoms with Crippen molar-refractivity contribution in [3.8, 4) is 0 Å². The lowest BCUT2D eigenvalue weighted by atomic mass is 9.78. The molecule has 0 unspecified atom stereocenters. The smallest absolute Gasteiger partial charge is 0.0323 e. The van der Waals surface area contributed by atoms with Gasteiger partial charge in [0.15, 0.2) is 0 Å². The number of benzene rings is 1. The third kappa shape index (κ3) is 2.90. The molecule has 1 aromatic rings. The van der Waals surface area contributed by atoms with Gasteiger partial charge >= 0.3 is 0 Å². The number of hydrogen-bond donors (Lipinski definition) is 1. The second-order valence-electron chi connectivity index (χ2n) is 3.99. The maximum Gasteiger partial charge on any atom is 0.0323 e.